The minimum absolute atomic E-state index is 0.00903. The number of nitrogens with two attached hydrogens (primary N) is 1. The number of aromatic nitrogens is 1. The Labute approximate surface area is 222 Å². The van der Waals surface area contributed by atoms with Crippen LogP contribution in [0, 0.1) is 11.5 Å². The van der Waals surface area contributed by atoms with Gasteiger partial charge in [-0.3, -0.25) is 10.3 Å². The molecule has 0 aliphatic carbocycles. The number of halogens is 1. The second-order valence-corrected chi connectivity index (χ2v) is 8.12. The smallest absolute Gasteiger partial charge is 0.494 e. The van der Waals surface area contributed by atoms with Crippen LogP contribution in [-0.2, 0) is 20.9 Å². The largest absolute Gasteiger partial charge is 0.513 e. The summed E-state index contributed by atoms with van der Waals surface area (Å²) in [6, 6.07) is 10.9. The fraction of sp³-hybridized carbons (Fsp3) is 0.440. The Balaban J connectivity index is 1.62. The fourth-order valence-corrected chi connectivity index (χ4v) is 3.07. The van der Waals surface area contributed by atoms with Crippen LogP contribution in [0.3, 0.4) is 0 Å². The summed E-state index contributed by atoms with van der Waals surface area (Å²) < 4.78 is 22.4. The number of aliphatic imine (C=N–C) groups is 1. The summed E-state index contributed by atoms with van der Waals surface area (Å²) in [4.78, 5) is 16.0. The number of anilines is 1. The molecule has 0 aliphatic heterocycles. The van der Waals surface area contributed by atoms with E-state index in [1.807, 2.05) is 18.3 Å². The first kappa shape index (κ1) is 29.6. The van der Waals surface area contributed by atoms with Gasteiger partial charge < -0.3 is 30.0 Å². The predicted octanol–water partition coefficient (Wildman–Crippen LogP) is 3.19. The molecule has 0 spiro atoms. The SMILES string of the molecule is N#CNC(=NCCCCCCOc1ccc(Cl)cc1)Nc1cc[n+](COC(=O)OCCOCCN)cc1. The van der Waals surface area contributed by atoms with E-state index >= 15 is 0 Å². The van der Waals surface area contributed by atoms with Crippen LogP contribution in [-0.4, -0.2) is 51.6 Å². The Hall–Kier alpha value is -3.59. The molecule has 0 amide bonds. The van der Waals surface area contributed by atoms with Gasteiger partial charge in [-0.2, -0.15) is 9.83 Å². The van der Waals surface area contributed by atoms with Crippen LogP contribution in [0.15, 0.2) is 53.8 Å². The number of nitriles is 1. The number of nitrogens with one attached hydrogen (secondary N) is 2. The zero-order chi connectivity index (χ0) is 26.6. The van der Waals surface area contributed by atoms with E-state index in [9.17, 15) is 4.79 Å². The maximum absolute atomic E-state index is 11.6. The van der Waals surface area contributed by atoms with E-state index in [-0.39, 0.29) is 19.9 Å². The van der Waals surface area contributed by atoms with Crippen molar-refractivity contribution in [1.82, 2.24) is 5.32 Å². The topological polar surface area (TPSA) is 144 Å². The lowest BCUT2D eigenvalue weighted by atomic mass is 10.2. The Morgan fingerprint density at radius 1 is 1.00 bits per heavy atom. The molecule has 200 valence electrons. The lowest BCUT2D eigenvalue weighted by Crippen LogP contribution is -2.36. The van der Waals surface area contributed by atoms with Gasteiger partial charge in [0.1, 0.15) is 12.4 Å². The lowest BCUT2D eigenvalue weighted by Gasteiger charge is -2.08. The molecule has 2 rings (SSSR count). The van der Waals surface area contributed by atoms with Crippen LogP contribution in [0.5, 0.6) is 5.75 Å². The highest BCUT2D eigenvalue weighted by molar-refractivity contribution is 6.30. The van der Waals surface area contributed by atoms with E-state index in [1.54, 1.807) is 41.2 Å². The molecule has 2 aromatic rings. The molecule has 4 N–H and O–H groups in total. The first-order valence-corrected chi connectivity index (χ1v) is 12.4. The Bertz CT molecular complexity index is 983. The zero-order valence-corrected chi connectivity index (χ0v) is 21.5. The number of carbonyl (C=O) groups excluding carboxylic acids is 1. The lowest BCUT2D eigenvalue weighted by molar-refractivity contribution is -0.727. The maximum Gasteiger partial charge on any atom is 0.513 e. The van der Waals surface area contributed by atoms with Gasteiger partial charge in [0.15, 0.2) is 18.6 Å². The number of carbonyl (C=O) groups is 1. The van der Waals surface area contributed by atoms with E-state index in [1.165, 1.54) is 0 Å². The third kappa shape index (κ3) is 13.9. The highest BCUT2D eigenvalue weighted by Crippen LogP contribution is 2.16. The van der Waals surface area contributed by atoms with Crippen molar-refractivity contribution in [2.24, 2.45) is 10.7 Å². The van der Waals surface area contributed by atoms with Crippen molar-refractivity contribution in [2.75, 3.05) is 44.8 Å². The van der Waals surface area contributed by atoms with Crippen LogP contribution < -0.4 is 25.7 Å². The molecule has 0 radical (unpaired) electrons. The van der Waals surface area contributed by atoms with E-state index in [0.717, 1.165) is 37.1 Å². The third-order valence-electron chi connectivity index (χ3n) is 4.77. The Morgan fingerprint density at radius 3 is 2.49 bits per heavy atom. The molecule has 0 fully saturated rings. The second kappa shape index (κ2) is 18.6. The molecule has 0 atom stereocenters. The number of pyridine rings is 1. The molecule has 12 heteroatoms. The van der Waals surface area contributed by atoms with Crippen molar-refractivity contribution in [3.63, 3.8) is 0 Å². The van der Waals surface area contributed by atoms with Crippen LogP contribution in [0.2, 0.25) is 5.02 Å². The van der Waals surface area contributed by atoms with Crippen LogP contribution in [0.4, 0.5) is 10.5 Å². The van der Waals surface area contributed by atoms with Crippen molar-refractivity contribution in [2.45, 2.75) is 32.4 Å². The normalized spacial score (nSPS) is 10.9. The minimum Gasteiger partial charge on any atom is -0.494 e. The van der Waals surface area contributed by atoms with Gasteiger partial charge in [-0.1, -0.05) is 18.0 Å². The molecule has 0 unspecified atom stereocenters. The summed E-state index contributed by atoms with van der Waals surface area (Å²) in [6.45, 7) is 2.40. The Morgan fingerprint density at radius 2 is 1.76 bits per heavy atom. The van der Waals surface area contributed by atoms with Gasteiger partial charge in [-0.15, -0.1) is 0 Å². The summed E-state index contributed by atoms with van der Waals surface area (Å²) >= 11 is 5.86. The summed E-state index contributed by atoms with van der Waals surface area (Å²) in [6.07, 6.45) is 8.40. The van der Waals surface area contributed by atoms with Gasteiger partial charge >= 0.3 is 6.16 Å². The number of hydrogen-bond acceptors (Lipinski definition) is 8. The number of nitrogens with zero attached hydrogens (tertiary/aromatic N) is 3. The molecule has 1 aromatic carbocycles. The van der Waals surface area contributed by atoms with Gasteiger partial charge in [0.2, 0.25) is 5.96 Å². The van der Waals surface area contributed by atoms with Gasteiger partial charge in [-0.25, -0.2) is 4.79 Å². The van der Waals surface area contributed by atoms with E-state index in [0.29, 0.717) is 37.3 Å². The van der Waals surface area contributed by atoms with Gasteiger partial charge in [0.05, 0.1) is 25.5 Å². The highest BCUT2D eigenvalue weighted by atomic mass is 35.5. The van der Waals surface area contributed by atoms with E-state index in [4.69, 9.17) is 41.5 Å². The van der Waals surface area contributed by atoms with Crippen LogP contribution in [0.25, 0.3) is 0 Å². The summed E-state index contributed by atoms with van der Waals surface area (Å²) in [5.74, 6) is 1.18. The van der Waals surface area contributed by atoms with Gasteiger partial charge in [0.25, 0.3) is 6.73 Å². The van der Waals surface area contributed by atoms with Gasteiger partial charge in [-0.05, 0) is 43.5 Å². The summed E-state index contributed by atoms with van der Waals surface area (Å²) in [7, 11) is 0. The molecule has 0 saturated heterocycles. The molecule has 11 nitrogen and oxygen atoms in total. The predicted molar refractivity (Wildman–Crippen MR) is 139 cm³/mol. The van der Waals surface area contributed by atoms with Crippen molar-refractivity contribution in [3.05, 3.63) is 53.8 Å². The van der Waals surface area contributed by atoms with Gasteiger partial charge in [0, 0.05) is 30.2 Å². The number of benzene rings is 1. The summed E-state index contributed by atoms with van der Waals surface area (Å²) in [5.41, 5.74) is 6.02. The summed E-state index contributed by atoms with van der Waals surface area (Å²) in [5, 5.41) is 15.3. The van der Waals surface area contributed by atoms with E-state index in [2.05, 4.69) is 15.6 Å². The number of unbranched alkanes of at least 4 members (excludes halogenated alkanes) is 3. The standard InChI is InChI=1S/C25H33ClN6O5/c26-21-5-7-23(8-6-21)35-15-4-2-1-3-12-29-24(30-19-28)31-22-9-13-32(14-10-22)20-37-25(33)36-18-17-34-16-11-27/h5-10,13-14H,1-4,11-12,15-18,20,27H2,(H,29,30)/p+1. The molecular formula is C25H34ClN6O5+. The molecule has 1 heterocycles. The Kier molecular flexibility index (Phi) is 14.9. The van der Waals surface area contributed by atoms with E-state index < -0.39 is 6.16 Å². The molecular weight excluding hydrogens is 500 g/mol. The maximum atomic E-state index is 11.6. The quantitative estimate of drug-likeness (QED) is 0.0563. The fourth-order valence-electron chi connectivity index (χ4n) is 2.94. The molecule has 0 saturated carbocycles. The van der Waals surface area contributed by atoms with Crippen molar-refractivity contribution < 1.29 is 28.3 Å². The number of guanidine groups is 1. The second-order valence-electron chi connectivity index (χ2n) is 7.68. The zero-order valence-electron chi connectivity index (χ0n) is 20.7. The van der Waals surface area contributed by atoms with Crippen LogP contribution >= 0.6 is 11.6 Å². The first-order chi connectivity index (χ1) is 18.1. The molecule has 0 aliphatic rings. The monoisotopic (exact) mass is 533 g/mol. The number of rotatable bonds is 16. The molecule has 37 heavy (non-hydrogen) atoms. The number of hydrogen-bond donors (Lipinski definition) is 3. The van der Waals surface area contributed by atoms with Crippen LogP contribution in [0.1, 0.15) is 25.7 Å². The third-order valence-corrected chi connectivity index (χ3v) is 5.03. The molecule has 0 bridgehead atoms. The number of ether oxygens (including phenoxy) is 4. The van der Waals surface area contributed by atoms with Crippen molar-refractivity contribution in [3.8, 4) is 11.9 Å². The minimum atomic E-state index is -0.784. The molecule has 1 aromatic heterocycles. The van der Waals surface area contributed by atoms with Crippen molar-refractivity contribution >= 4 is 29.4 Å². The highest BCUT2D eigenvalue weighted by Gasteiger charge is 2.09. The van der Waals surface area contributed by atoms with Crippen molar-refractivity contribution in [1.29, 1.82) is 5.26 Å². The average Bonchev–Trinajstić information content (AvgIpc) is 2.90. The average molecular weight is 534 g/mol. The first-order valence-electron chi connectivity index (χ1n) is 12.0.